The number of nitrogens with zero attached hydrogens (tertiary/aromatic N) is 1. The first kappa shape index (κ1) is 15.1. The fraction of sp³-hybridized carbons (Fsp3) is 0.684. The first-order chi connectivity index (χ1) is 10.3. The zero-order valence-electron chi connectivity index (χ0n) is 13.6. The van der Waals surface area contributed by atoms with Crippen molar-refractivity contribution in [2.45, 2.75) is 77.0 Å². The molecule has 2 heterocycles. The van der Waals surface area contributed by atoms with Crippen LogP contribution in [0.5, 0.6) is 0 Å². The van der Waals surface area contributed by atoms with Gasteiger partial charge in [0.2, 0.25) is 0 Å². The largest absolute Gasteiger partial charge is 0.314 e. The summed E-state index contributed by atoms with van der Waals surface area (Å²) in [5.41, 5.74) is 2.94. The van der Waals surface area contributed by atoms with Gasteiger partial charge in [-0.3, -0.25) is 4.90 Å². The van der Waals surface area contributed by atoms with E-state index >= 15 is 0 Å². The van der Waals surface area contributed by atoms with Crippen molar-refractivity contribution in [1.29, 1.82) is 0 Å². The van der Waals surface area contributed by atoms with Gasteiger partial charge in [0, 0.05) is 24.7 Å². The minimum atomic E-state index is 0.765. The van der Waals surface area contributed by atoms with Crippen molar-refractivity contribution in [3.05, 3.63) is 35.4 Å². The molecular formula is C19H30N2. The van der Waals surface area contributed by atoms with Crippen LogP contribution in [0.25, 0.3) is 0 Å². The summed E-state index contributed by atoms with van der Waals surface area (Å²) in [4.78, 5) is 2.78. The summed E-state index contributed by atoms with van der Waals surface area (Å²) in [7, 11) is 0. The Morgan fingerprint density at radius 2 is 1.62 bits per heavy atom. The maximum absolute atomic E-state index is 3.74. The lowest BCUT2D eigenvalue weighted by atomic mass is 9.96. The molecule has 0 spiro atoms. The fourth-order valence-electron chi connectivity index (χ4n) is 4.14. The molecule has 2 atom stereocenters. The molecule has 1 N–H and O–H groups in total. The van der Waals surface area contributed by atoms with Gasteiger partial charge in [-0.05, 0) is 56.2 Å². The number of benzene rings is 1. The number of fused-ring (bicyclic) bond motifs is 2. The number of nitrogens with one attached hydrogen (secondary N) is 1. The van der Waals surface area contributed by atoms with Crippen LogP contribution in [-0.4, -0.2) is 29.6 Å². The summed E-state index contributed by atoms with van der Waals surface area (Å²) in [5, 5.41) is 3.74. The minimum Gasteiger partial charge on any atom is -0.314 e. The number of piperidine rings is 1. The SMILES string of the molecule is CCCNC1CC2CCC(C1)N2Cc1ccc(CC)cc1. The summed E-state index contributed by atoms with van der Waals surface area (Å²) >= 11 is 0. The predicted molar refractivity (Wildman–Crippen MR) is 89.5 cm³/mol. The molecule has 2 fully saturated rings. The van der Waals surface area contributed by atoms with Crippen LogP contribution in [0.4, 0.5) is 0 Å². The quantitative estimate of drug-likeness (QED) is 0.857. The molecule has 0 aliphatic carbocycles. The maximum Gasteiger partial charge on any atom is 0.0239 e. The Labute approximate surface area is 129 Å². The molecule has 2 aliphatic rings. The molecule has 2 aliphatic heterocycles. The molecular weight excluding hydrogens is 256 g/mol. The van der Waals surface area contributed by atoms with Crippen LogP contribution in [0.3, 0.4) is 0 Å². The molecule has 0 amide bonds. The monoisotopic (exact) mass is 286 g/mol. The molecule has 2 heteroatoms. The molecule has 2 bridgehead atoms. The zero-order valence-corrected chi connectivity index (χ0v) is 13.6. The minimum absolute atomic E-state index is 0.765. The number of rotatable bonds is 6. The van der Waals surface area contributed by atoms with Gasteiger partial charge in [0.15, 0.2) is 0 Å². The second-order valence-corrected chi connectivity index (χ2v) is 6.85. The molecule has 3 rings (SSSR count). The summed E-state index contributed by atoms with van der Waals surface area (Å²) in [6, 6.07) is 11.6. The van der Waals surface area contributed by atoms with E-state index in [2.05, 4.69) is 48.3 Å². The van der Waals surface area contributed by atoms with E-state index in [-0.39, 0.29) is 0 Å². The molecule has 21 heavy (non-hydrogen) atoms. The van der Waals surface area contributed by atoms with E-state index < -0.39 is 0 Å². The van der Waals surface area contributed by atoms with Crippen LogP contribution >= 0.6 is 0 Å². The van der Waals surface area contributed by atoms with Gasteiger partial charge in [0.1, 0.15) is 0 Å². The van der Waals surface area contributed by atoms with Crippen LogP contribution < -0.4 is 5.32 Å². The van der Waals surface area contributed by atoms with E-state index in [1.807, 2.05) is 0 Å². The average molecular weight is 286 g/mol. The number of aryl methyl sites for hydroxylation is 1. The highest BCUT2D eigenvalue weighted by atomic mass is 15.2. The highest BCUT2D eigenvalue weighted by molar-refractivity contribution is 5.23. The van der Waals surface area contributed by atoms with Gasteiger partial charge in [-0.25, -0.2) is 0 Å². The molecule has 116 valence electrons. The molecule has 2 saturated heterocycles. The highest BCUT2D eigenvalue weighted by Crippen LogP contribution is 2.36. The predicted octanol–water partition coefficient (Wildman–Crippen LogP) is 3.74. The van der Waals surface area contributed by atoms with E-state index in [1.54, 1.807) is 0 Å². The van der Waals surface area contributed by atoms with Crippen molar-refractivity contribution in [2.75, 3.05) is 6.54 Å². The van der Waals surface area contributed by atoms with E-state index in [9.17, 15) is 0 Å². The fourth-order valence-corrected chi connectivity index (χ4v) is 4.14. The van der Waals surface area contributed by atoms with Crippen molar-refractivity contribution in [3.8, 4) is 0 Å². The van der Waals surface area contributed by atoms with Gasteiger partial charge in [-0.1, -0.05) is 38.1 Å². The van der Waals surface area contributed by atoms with Crippen molar-refractivity contribution in [3.63, 3.8) is 0 Å². The first-order valence-electron chi connectivity index (χ1n) is 8.87. The second-order valence-electron chi connectivity index (χ2n) is 6.85. The first-order valence-corrected chi connectivity index (χ1v) is 8.87. The van der Waals surface area contributed by atoms with Gasteiger partial charge >= 0.3 is 0 Å². The Bertz CT molecular complexity index is 425. The molecule has 1 aromatic rings. The van der Waals surface area contributed by atoms with E-state index in [0.29, 0.717) is 0 Å². The number of hydrogen-bond acceptors (Lipinski definition) is 2. The average Bonchev–Trinajstić information content (AvgIpc) is 2.75. The Morgan fingerprint density at radius 3 is 2.19 bits per heavy atom. The van der Waals surface area contributed by atoms with Gasteiger partial charge in [-0.2, -0.15) is 0 Å². The zero-order chi connectivity index (χ0) is 14.7. The lowest BCUT2D eigenvalue weighted by Gasteiger charge is -2.39. The van der Waals surface area contributed by atoms with Gasteiger partial charge in [0.25, 0.3) is 0 Å². The van der Waals surface area contributed by atoms with E-state index in [4.69, 9.17) is 0 Å². The number of hydrogen-bond donors (Lipinski definition) is 1. The Hall–Kier alpha value is -0.860. The summed E-state index contributed by atoms with van der Waals surface area (Å²) in [6.07, 6.45) is 7.90. The Kier molecular flexibility index (Phi) is 4.97. The molecule has 2 nitrogen and oxygen atoms in total. The second kappa shape index (κ2) is 6.93. The van der Waals surface area contributed by atoms with Crippen molar-refractivity contribution >= 4 is 0 Å². The molecule has 2 unspecified atom stereocenters. The molecule has 0 aromatic heterocycles. The van der Waals surface area contributed by atoms with E-state index in [0.717, 1.165) is 31.1 Å². The standard InChI is InChI=1S/C19H30N2/c1-3-11-20-17-12-18-9-10-19(13-17)21(18)14-16-7-5-15(4-2)6-8-16/h5-8,17-20H,3-4,9-14H2,1-2H3. The highest BCUT2D eigenvalue weighted by Gasteiger charge is 2.40. The van der Waals surface area contributed by atoms with E-state index in [1.165, 1.54) is 49.8 Å². The molecule has 1 aromatic carbocycles. The topological polar surface area (TPSA) is 15.3 Å². The van der Waals surface area contributed by atoms with Gasteiger partial charge in [0.05, 0.1) is 0 Å². The summed E-state index contributed by atoms with van der Waals surface area (Å²) < 4.78 is 0. The third-order valence-corrected chi connectivity index (χ3v) is 5.36. The summed E-state index contributed by atoms with van der Waals surface area (Å²) in [5.74, 6) is 0. The van der Waals surface area contributed by atoms with Gasteiger partial charge in [-0.15, -0.1) is 0 Å². The Balaban J connectivity index is 1.59. The van der Waals surface area contributed by atoms with Gasteiger partial charge < -0.3 is 5.32 Å². The lowest BCUT2D eigenvalue weighted by Crippen LogP contribution is -2.48. The van der Waals surface area contributed by atoms with Crippen LogP contribution in [0.1, 0.15) is 57.1 Å². The van der Waals surface area contributed by atoms with Crippen LogP contribution in [0.15, 0.2) is 24.3 Å². The van der Waals surface area contributed by atoms with Crippen molar-refractivity contribution in [2.24, 2.45) is 0 Å². The van der Waals surface area contributed by atoms with Crippen LogP contribution in [-0.2, 0) is 13.0 Å². The third-order valence-electron chi connectivity index (χ3n) is 5.36. The Morgan fingerprint density at radius 1 is 1.00 bits per heavy atom. The maximum atomic E-state index is 3.74. The van der Waals surface area contributed by atoms with Crippen LogP contribution in [0, 0.1) is 0 Å². The molecule has 0 saturated carbocycles. The van der Waals surface area contributed by atoms with Crippen LogP contribution in [0.2, 0.25) is 0 Å². The lowest BCUT2D eigenvalue weighted by molar-refractivity contribution is 0.109. The summed E-state index contributed by atoms with van der Waals surface area (Å²) in [6.45, 7) is 6.82. The smallest absolute Gasteiger partial charge is 0.0239 e. The third kappa shape index (κ3) is 3.49. The van der Waals surface area contributed by atoms with Crippen molar-refractivity contribution < 1.29 is 0 Å². The molecule has 0 radical (unpaired) electrons. The normalized spacial score (nSPS) is 29.0. The van der Waals surface area contributed by atoms with Crippen molar-refractivity contribution in [1.82, 2.24) is 10.2 Å².